The second-order valence-electron chi connectivity index (χ2n) is 5.35. The van der Waals surface area contributed by atoms with Gasteiger partial charge in [-0.15, -0.1) is 0 Å². The van der Waals surface area contributed by atoms with Crippen molar-refractivity contribution in [3.05, 3.63) is 23.4 Å². The van der Waals surface area contributed by atoms with Crippen molar-refractivity contribution in [2.45, 2.75) is 39.5 Å². The molecule has 0 aliphatic carbocycles. The first-order valence-corrected chi connectivity index (χ1v) is 8.34. The second-order valence-corrected chi connectivity index (χ2v) is 5.35. The Bertz CT molecular complexity index is 452. The Hall–Kier alpha value is -1.84. The van der Waals surface area contributed by atoms with Crippen LogP contribution in [0.4, 0.5) is 0 Å². The van der Waals surface area contributed by atoms with Crippen LogP contribution in [0.2, 0.25) is 0 Å². The van der Waals surface area contributed by atoms with Gasteiger partial charge in [-0.2, -0.15) is 5.26 Å². The summed E-state index contributed by atoms with van der Waals surface area (Å²) in [5.41, 5.74) is 1.97. The van der Waals surface area contributed by atoms with Gasteiger partial charge in [-0.25, -0.2) is 0 Å². The predicted octanol–water partition coefficient (Wildman–Crippen LogP) is 2.69. The fraction of sp³-hybridized carbons (Fsp3) is 0.667. The van der Waals surface area contributed by atoms with Gasteiger partial charge in [-0.1, -0.05) is 6.58 Å². The lowest BCUT2D eigenvalue weighted by Gasteiger charge is -2.09. The number of nitrogens with one attached hydrogen (secondary N) is 1. The van der Waals surface area contributed by atoms with Crippen LogP contribution >= 0.6 is 0 Å². The van der Waals surface area contributed by atoms with Gasteiger partial charge < -0.3 is 24.3 Å². The highest BCUT2D eigenvalue weighted by atomic mass is 16.6. The quantitative estimate of drug-likeness (QED) is 0.173. The van der Waals surface area contributed by atoms with E-state index in [0.717, 1.165) is 43.7 Å². The number of ether oxygens (including phenoxy) is 3. The van der Waals surface area contributed by atoms with Crippen molar-refractivity contribution < 1.29 is 19.0 Å². The molecular weight excluding hydrogens is 308 g/mol. The number of hydrogen-bond donors (Lipinski definition) is 1. The highest BCUT2D eigenvalue weighted by molar-refractivity contribution is 5.94. The average molecular weight is 339 g/mol. The molecule has 0 atom stereocenters. The molecule has 0 unspecified atom stereocenters. The number of nitriles is 1. The second kappa shape index (κ2) is 14.7. The Morgan fingerprint density at radius 2 is 1.96 bits per heavy atom. The molecule has 0 heterocycles. The molecule has 0 fully saturated rings. The summed E-state index contributed by atoms with van der Waals surface area (Å²) in [7, 11) is 1.68. The molecule has 0 saturated heterocycles. The largest absolute Gasteiger partial charge is 0.528 e. The van der Waals surface area contributed by atoms with Crippen molar-refractivity contribution in [3.8, 4) is 6.07 Å². The number of rotatable bonds is 14. The van der Waals surface area contributed by atoms with E-state index in [2.05, 4.69) is 11.9 Å². The Morgan fingerprint density at radius 1 is 1.21 bits per heavy atom. The lowest BCUT2D eigenvalue weighted by molar-refractivity contribution is 0.102. The minimum absolute atomic E-state index is 0.199. The number of methoxy groups -OCH3 is 1. The van der Waals surface area contributed by atoms with Crippen LogP contribution in [-0.4, -0.2) is 50.8 Å². The van der Waals surface area contributed by atoms with Crippen LogP contribution < -0.4 is 5.32 Å². The van der Waals surface area contributed by atoms with Crippen LogP contribution in [-0.2, 0) is 14.2 Å². The highest BCUT2D eigenvalue weighted by Crippen LogP contribution is 2.14. The molecule has 2 N–H and O–H groups in total. The molecule has 0 aromatic carbocycles. The molecule has 0 aliphatic heterocycles. The summed E-state index contributed by atoms with van der Waals surface area (Å²) in [6.07, 6.45) is 3.30. The Labute approximate surface area is 145 Å². The van der Waals surface area contributed by atoms with Crippen molar-refractivity contribution in [3.63, 3.8) is 0 Å². The van der Waals surface area contributed by atoms with Crippen LogP contribution in [0.15, 0.2) is 23.4 Å². The Morgan fingerprint density at radius 3 is 2.58 bits per heavy atom. The normalized spacial score (nSPS) is 11.4. The molecule has 136 valence electrons. The number of hydrogen-bond acceptors (Lipinski definition) is 5. The molecule has 24 heavy (non-hydrogen) atoms. The average Bonchev–Trinajstić information content (AvgIpc) is 2.56. The summed E-state index contributed by atoms with van der Waals surface area (Å²) in [5, 5.41) is 12.5. The molecule has 6 nitrogen and oxygen atoms in total. The van der Waals surface area contributed by atoms with Gasteiger partial charge in [-0.05, 0) is 45.1 Å². The summed E-state index contributed by atoms with van der Waals surface area (Å²) in [6, 6.07) is 2.00. The van der Waals surface area contributed by atoms with Gasteiger partial charge in [0.05, 0.1) is 0 Å². The monoisotopic (exact) mass is 339 g/mol. The van der Waals surface area contributed by atoms with Crippen LogP contribution in [0.25, 0.3) is 0 Å². The standard InChI is InChI=1S/C18H30N2O4/c1-5-23-12-13-24-18(21)17(14-19)15(2)8-6-9-16(3)20-10-7-11-22-4/h20H,3,5-13H2,1-2,4H3/p+1/b17-15-. The summed E-state index contributed by atoms with van der Waals surface area (Å²) < 4.78 is 15.3. The zero-order valence-corrected chi connectivity index (χ0v) is 15.2. The maximum atomic E-state index is 9.87. The first-order valence-electron chi connectivity index (χ1n) is 8.34. The van der Waals surface area contributed by atoms with Crippen molar-refractivity contribution >= 4 is 5.97 Å². The first kappa shape index (κ1) is 22.2. The summed E-state index contributed by atoms with van der Waals surface area (Å²) in [5.74, 6) is -0.328. The van der Waals surface area contributed by atoms with Gasteiger partial charge in [-0.3, -0.25) is 0 Å². The van der Waals surface area contributed by atoms with Crippen molar-refractivity contribution in [1.29, 1.82) is 5.26 Å². The number of carbonyl (C=O) groups excluding carboxylic acids is 1. The maximum absolute atomic E-state index is 9.87. The third-order valence-corrected chi connectivity index (χ3v) is 3.35. The van der Waals surface area contributed by atoms with Crippen molar-refractivity contribution in [2.24, 2.45) is 0 Å². The molecule has 0 aliphatic rings. The Kier molecular flexibility index (Phi) is 13.6. The van der Waals surface area contributed by atoms with E-state index in [0.29, 0.717) is 19.6 Å². The number of esters is 1. The van der Waals surface area contributed by atoms with E-state index in [1.165, 1.54) is 0 Å². The molecule has 0 aromatic heterocycles. The van der Waals surface area contributed by atoms with Gasteiger partial charge in [0.25, 0.3) is 0 Å². The van der Waals surface area contributed by atoms with E-state index in [4.69, 9.17) is 14.2 Å². The zero-order valence-electron chi connectivity index (χ0n) is 15.2. The van der Waals surface area contributed by atoms with E-state index in [9.17, 15) is 10.1 Å². The van der Waals surface area contributed by atoms with Crippen LogP contribution in [0.3, 0.4) is 0 Å². The Balaban J connectivity index is 4.16. The van der Waals surface area contributed by atoms with E-state index in [1.807, 2.05) is 19.9 Å². The molecule has 0 rings (SSSR count). The van der Waals surface area contributed by atoms with Crippen LogP contribution in [0.1, 0.15) is 39.5 Å². The summed E-state index contributed by atoms with van der Waals surface area (Å²) >= 11 is 0. The van der Waals surface area contributed by atoms with Gasteiger partial charge in [0.1, 0.15) is 12.7 Å². The van der Waals surface area contributed by atoms with Gasteiger partial charge >= 0.3 is 5.97 Å². The lowest BCUT2D eigenvalue weighted by atomic mass is 10.0. The summed E-state index contributed by atoms with van der Waals surface area (Å²) in [4.78, 5) is 9.87. The van der Waals surface area contributed by atoms with Gasteiger partial charge in [0.15, 0.2) is 5.57 Å². The first-order chi connectivity index (χ1) is 11.6. The minimum atomic E-state index is -0.328. The molecule has 0 radical (unpaired) electrons. The lowest BCUT2D eigenvalue weighted by Crippen LogP contribution is -2.15. The molecule has 0 amide bonds. The zero-order chi connectivity index (χ0) is 18.2. The SMILES string of the molecule is C=C(CCC/C(C)=C(/C#N)C(=[OH+])OCCOCC)NCCCOC. The van der Waals surface area contributed by atoms with Gasteiger partial charge in [0.2, 0.25) is 6.61 Å². The van der Waals surface area contributed by atoms with E-state index < -0.39 is 0 Å². The van der Waals surface area contributed by atoms with Gasteiger partial charge in [0, 0.05) is 32.6 Å². The van der Waals surface area contributed by atoms with Crippen molar-refractivity contribution in [2.75, 3.05) is 40.1 Å². The highest BCUT2D eigenvalue weighted by Gasteiger charge is 2.22. The van der Waals surface area contributed by atoms with E-state index in [1.54, 1.807) is 7.11 Å². The topological polar surface area (TPSA) is 84.9 Å². The van der Waals surface area contributed by atoms with Crippen LogP contribution in [0.5, 0.6) is 0 Å². The van der Waals surface area contributed by atoms with Crippen LogP contribution in [0, 0.1) is 11.3 Å². The third-order valence-electron chi connectivity index (χ3n) is 3.35. The van der Waals surface area contributed by atoms with E-state index >= 15 is 0 Å². The molecular formula is C18H31N2O4+. The minimum Gasteiger partial charge on any atom is -0.389 e. The molecule has 0 aromatic rings. The summed E-state index contributed by atoms with van der Waals surface area (Å²) in [6.45, 7) is 10.5. The number of nitrogens with zero attached hydrogens (tertiary/aromatic N) is 1. The third kappa shape index (κ3) is 10.8. The molecule has 0 spiro atoms. The predicted molar refractivity (Wildman–Crippen MR) is 95.2 cm³/mol. The van der Waals surface area contributed by atoms with Crippen molar-refractivity contribution in [1.82, 2.24) is 5.32 Å². The maximum Gasteiger partial charge on any atom is 0.528 e. The molecule has 6 heteroatoms. The smallest absolute Gasteiger partial charge is 0.389 e. The molecule has 0 saturated carbocycles. The fourth-order valence-corrected chi connectivity index (χ4v) is 2.00. The fourth-order valence-electron chi connectivity index (χ4n) is 2.00. The molecule has 0 bridgehead atoms. The van der Waals surface area contributed by atoms with E-state index in [-0.39, 0.29) is 18.1 Å². The number of allylic oxidation sites excluding steroid dienone is 2.